The molecule has 42 heavy (non-hydrogen) atoms. The highest BCUT2D eigenvalue weighted by atomic mass is 35.5. The molecule has 0 saturated heterocycles. The molecule has 7 nitrogen and oxygen atoms in total. The zero-order valence-electron chi connectivity index (χ0n) is 22.2. The lowest BCUT2D eigenvalue weighted by molar-refractivity contribution is -0.140. The first-order valence-electron chi connectivity index (χ1n) is 12.6. The van der Waals surface area contributed by atoms with Gasteiger partial charge in [0.05, 0.1) is 16.3 Å². The van der Waals surface area contributed by atoms with E-state index >= 15 is 0 Å². The number of fused-ring (bicyclic) bond motifs is 1. The van der Waals surface area contributed by atoms with Gasteiger partial charge < -0.3 is 20.5 Å². The van der Waals surface area contributed by atoms with Gasteiger partial charge in [0.15, 0.2) is 0 Å². The minimum atomic E-state index is -4.67. The number of aromatic nitrogens is 1. The first kappa shape index (κ1) is 30.9. The molecule has 0 aliphatic heterocycles. The monoisotopic (exact) mass is 622 g/mol. The Kier molecular flexibility index (Phi) is 9.12. The number of amides is 3. The average molecular weight is 623 g/mol. The molecule has 0 atom stereocenters. The lowest BCUT2D eigenvalue weighted by atomic mass is 10.1. The molecule has 0 radical (unpaired) electrons. The smallest absolute Gasteiger partial charge is 0.352 e. The molecule has 3 aromatic carbocycles. The number of rotatable bonds is 8. The fraction of sp³-hybridized carbons (Fsp3) is 0.207. The quantitative estimate of drug-likeness (QED) is 0.178. The molecular weight excluding hydrogens is 599 g/mol. The summed E-state index contributed by atoms with van der Waals surface area (Å²) >= 11 is 12.0. The highest BCUT2D eigenvalue weighted by Gasteiger charge is 2.31. The van der Waals surface area contributed by atoms with Gasteiger partial charge in [0.1, 0.15) is 18.1 Å². The fourth-order valence-electron chi connectivity index (χ4n) is 4.11. The number of benzene rings is 3. The molecule has 0 bridgehead atoms. The maximum absolute atomic E-state index is 14.2. The second kappa shape index (κ2) is 12.4. The number of halogens is 6. The van der Waals surface area contributed by atoms with Crippen LogP contribution in [-0.2, 0) is 17.9 Å². The van der Waals surface area contributed by atoms with E-state index in [2.05, 4.69) is 16.0 Å². The van der Waals surface area contributed by atoms with E-state index in [0.717, 1.165) is 10.6 Å². The Morgan fingerprint density at radius 1 is 0.905 bits per heavy atom. The van der Waals surface area contributed by atoms with Gasteiger partial charge >= 0.3 is 6.18 Å². The van der Waals surface area contributed by atoms with Crippen molar-refractivity contribution in [3.8, 4) is 0 Å². The largest absolute Gasteiger partial charge is 0.406 e. The molecule has 3 amide bonds. The number of nitrogens with zero attached hydrogens (tertiary/aromatic N) is 1. The van der Waals surface area contributed by atoms with Gasteiger partial charge in [-0.05, 0) is 60.2 Å². The molecule has 0 saturated carbocycles. The summed E-state index contributed by atoms with van der Waals surface area (Å²) in [4.78, 5) is 37.9. The fourth-order valence-corrected chi connectivity index (χ4v) is 4.47. The van der Waals surface area contributed by atoms with E-state index in [1.165, 1.54) is 48.5 Å². The summed E-state index contributed by atoms with van der Waals surface area (Å²) in [7, 11) is 0. The van der Waals surface area contributed by atoms with Crippen LogP contribution in [0, 0.1) is 11.7 Å². The standard InChI is InChI=1S/C29H24Cl2F4N4O3/c1-15(2)26(40)36-13-16-3-6-21(31)20(9-16)27(41)37-19-5-8-24-17(10-19)11-25(39(24)14-29(33,34)35)28(42)38-23-7-4-18(30)12-22(23)32/h3-12,15H,13-14H2,1-2H3,(H,36,40)(H,37,41)(H,38,42). The van der Waals surface area contributed by atoms with Gasteiger partial charge in [0.2, 0.25) is 5.91 Å². The van der Waals surface area contributed by atoms with Crippen LogP contribution in [0.5, 0.6) is 0 Å². The summed E-state index contributed by atoms with van der Waals surface area (Å²) in [5, 5.41) is 8.13. The van der Waals surface area contributed by atoms with Gasteiger partial charge in [-0.3, -0.25) is 14.4 Å². The van der Waals surface area contributed by atoms with Crippen molar-refractivity contribution in [3.05, 3.63) is 93.3 Å². The molecule has 0 spiro atoms. The predicted molar refractivity (Wildman–Crippen MR) is 153 cm³/mol. The normalized spacial score (nSPS) is 11.5. The SMILES string of the molecule is CC(C)C(=O)NCc1ccc(Cl)c(C(=O)Nc2ccc3c(c2)cc(C(=O)Nc2ccc(Cl)cc2F)n3CC(F)(F)F)c1. The molecule has 0 unspecified atom stereocenters. The van der Waals surface area contributed by atoms with Crippen LogP contribution in [-0.4, -0.2) is 28.5 Å². The third kappa shape index (κ3) is 7.40. The predicted octanol–water partition coefficient (Wildman–Crippen LogP) is 7.43. The summed E-state index contributed by atoms with van der Waals surface area (Å²) in [6.45, 7) is 2.19. The van der Waals surface area contributed by atoms with Crippen molar-refractivity contribution in [2.45, 2.75) is 33.1 Å². The lowest BCUT2D eigenvalue weighted by Crippen LogP contribution is -2.27. The van der Waals surface area contributed by atoms with Crippen LogP contribution in [0.2, 0.25) is 10.0 Å². The van der Waals surface area contributed by atoms with Gasteiger partial charge in [-0.1, -0.05) is 43.1 Å². The van der Waals surface area contributed by atoms with Crippen LogP contribution >= 0.6 is 23.2 Å². The number of alkyl halides is 3. The van der Waals surface area contributed by atoms with Crippen molar-refractivity contribution in [1.29, 1.82) is 0 Å². The lowest BCUT2D eigenvalue weighted by Gasteiger charge is -2.14. The molecule has 13 heteroatoms. The molecular formula is C29H24Cl2F4N4O3. The molecule has 1 aromatic heterocycles. The number of nitrogens with one attached hydrogen (secondary N) is 3. The second-order valence-corrected chi connectivity index (χ2v) is 10.6. The highest BCUT2D eigenvalue weighted by Crippen LogP contribution is 2.29. The number of hydrogen-bond donors (Lipinski definition) is 3. The van der Waals surface area contributed by atoms with E-state index in [4.69, 9.17) is 23.2 Å². The van der Waals surface area contributed by atoms with E-state index in [1.807, 2.05) is 0 Å². The Labute approximate surface area is 247 Å². The van der Waals surface area contributed by atoms with Crippen molar-refractivity contribution < 1.29 is 31.9 Å². The van der Waals surface area contributed by atoms with Crippen molar-refractivity contribution >= 4 is 63.2 Å². The Hall–Kier alpha value is -4.09. The zero-order valence-corrected chi connectivity index (χ0v) is 23.7. The molecule has 1 heterocycles. The summed E-state index contributed by atoms with van der Waals surface area (Å²) in [5.41, 5.74) is 0.400. The molecule has 3 N–H and O–H groups in total. The highest BCUT2D eigenvalue weighted by molar-refractivity contribution is 6.34. The summed E-state index contributed by atoms with van der Waals surface area (Å²) in [6, 6.07) is 13.5. The maximum atomic E-state index is 14.2. The molecule has 220 valence electrons. The second-order valence-electron chi connectivity index (χ2n) is 9.72. The molecule has 0 aliphatic carbocycles. The minimum absolute atomic E-state index is 0.0629. The van der Waals surface area contributed by atoms with Gasteiger partial charge in [0.25, 0.3) is 11.8 Å². The Morgan fingerprint density at radius 2 is 1.64 bits per heavy atom. The number of anilines is 2. The van der Waals surface area contributed by atoms with E-state index in [1.54, 1.807) is 19.9 Å². The van der Waals surface area contributed by atoms with Crippen LogP contribution in [0.3, 0.4) is 0 Å². The van der Waals surface area contributed by atoms with Gasteiger partial charge in [-0.15, -0.1) is 0 Å². The van der Waals surface area contributed by atoms with Crippen LogP contribution in [0.1, 0.15) is 40.3 Å². The van der Waals surface area contributed by atoms with E-state index in [0.29, 0.717) is 5.56 Å². The number of carbonyl (C=O) groups is 3. The van der Waals surface area contributed by atoms with Crippen LogP contribution in [0.4, 0.5) is 28.9 Å². The summed E-state index contributed by atoms with van der Waals surface area (Å²) in [5.74, 6) is -2.80. The average Bonchev–Trinajstić information content (AvgIpc) is 3.25. The van der Waals surface area contributed by atoms with Gasteiger partial charge in [-0.25, -0.2) is 4.39 Å². The van der Waals surface area contributed by atoms with E-state index in [-0.39, 0.29) is 62.0 Å². The Morgan fingerprint density at radius 3 is 2.31 bits per heavy atom. The minimum Gasteiger partial charge on any atom is -0.352 e. The summed E-state index contributed by atoms with van der Waals surface area (Å²) < 4.78 is 55.3. The first-order chi connectivity index (χ1) is 19.7. The molecule has 4 aromatic rings. The molecule has 4 rings (SSSR count). The Bertz CT molecular complexity index is 1690. The van der Waals surface area contributed by atoms with E-state index in [9.17, 15) is 31.9 Å². The van der Waals surface area contributed by atoms with Crippen LogP contribution < -0.4 is 16.0 Å². The maximum Gasteiger partial charge on any atom is 0.406 e. The van der Waals surface area contributed by atoms with Crippen LogP contribution in [0.15, 0.2) is 60.7 Å². The van der Waals surface area contributed by atoms with Crippen LogP contribution in [0.25, 0.3) is 10.9 Å². The summed E-state index contributed by atoms with van der Waals surface area (Å²) in [6.07, 6.45) is -4.67. The first-order valence-corrected chi connectivity index (χ1v) is 13.3. The number of carbonyl (C=O) groups excluding carboxylic acids is 3. The third-order valence-electron chi connectivity index (χ3n) is 6.18. The topological polar surface area (TPSA) is 92.2 Å². The van der Waals surface area contributed by atoms with Gasteiger partial charge in [0, 0.05) is 34.1 Å². The van der Waals surface area contributed by atoms with Crippen molar-refractivity contribution in [1.82, 2.24) is 9.88 Å². The Balaban J connectivity index is 1.61. The van der Waals surface area contributed by atoms with Gasteiger partial charge in [-0.2, -0.15) is 13.2 Å². The van der Waals surface area contributed by atoms with E-state index < -0.39 is 30.4 Å². The molecule has 0 aliphatic rings. The van der Waals surface area contributed by atoms with Crippen molar-refractivity contribution in [2.24, 2.45) is 5.92 Å². The van der Waals surface area contributed by atoms with Crippen molar-refractivity contribution in [3.63, 3.8) is 0 Å². The van der Waals surface area contributed by atoms with Crippen molar-refractivity contribution in [2.75, 3.05) is 10.6 Å². The third-order valence-corrected chi connectivity index (χ3v) is 6.74. The molecule has 0 fully saturated rings. The number of hydrogen-bond acceptors (Lipinski definition) is 3. The zero-order chi connectivity index (χ0) is 30.8.